The number of hydrogen-bond acceptors (Lipinski definition) is 16. The van der Waals surface area contributed by atoms with Crippen molar-refractivity contribution < 1.29 is 47.5 Å². The number of benzene rings is 5. The zero-order valence-electron chi connectivity index (χ0n) is 44.0. The van der Waals surface area contributed by atoms with Gasteiger partial charge in [-0.1, -0.05) is 58.0 Å². The fourth-order valence-electron chi connectivity index (χ4n) is 9.98. The van der Waals surface area contributed by atoms with Crippen molar-refractivity contribution in [3.63, 3.8) is 0 Å². The lowest BCUT2D eigenvalue weighted by molar-refractivity contribution is -0.121. The molecule has 0 bridgehead atoms. The second kappa shape index (κ2) is 25.1. The van der Waals surface area contributed by atoms with Crippen molar-refractivity contribution in [2.75, 3.05) is 107 Å². The van der Waals surface area contributed by atoms with E-state index in [9.17, 15) is 14.4 Å². The highest BCUT2D eigenvalue weighted by atomic mass is 33.1. The Bertz CT molecular complexity index is 2920. The molecule has 0 saturated heterocycles. The van der Waals surface area contributed by atoms with Gasteiger partial charge in [0.25, 0.3) is 11.8 Å². The van der Waals surface area contributed by atoms with Crippen LogP contribution in [-0.4, -0.2) is 128 Å². The third-order valence-electron chi connectivity index (χ3n) is 13.5. The van der Waals surface area contributed by atoms with Crippen LogP contribution in [0.2, 0.25) is 0 Å². The van der Waals surface area contributed by atoms with Gasteiger partial charge in [0, 0.05) is 92.5 Å². The Kier molecular flexibility index (Phi) is 18.0. The average Bonchev–Trinajstić information content (AvgIpc) is 3.94. The molecule has 3 amide bonds. The minimum atomic E-state index is -0.280. The minimum Gasteiger partial charge on any atom is -0.493 e. The van der Waals surface area contributed by atoms with Gasteiger partial charge >= 0.3 is 0 Å². The predicted molar refractivity (Wildman–Crippen MR) is 301 cm³/mol. The van der Waals surface area contributed by atoms with Crippen LogP contribution in [0.1, 0.15) is 63.2 Å². The smallest absolute Gasteiger partial charge is 0.261 e. The van der Waals surface area contributed by atoms with Gasteiger partial charge in [-0.25, -0.2) is 5.43 Å². The standard InChI is InChI=1S/C57H67N7O10S2/c1-57(2,76-75-22-15-54(65)61-58-3)36-62(16-17-71-20-21-72-19-18-68-4)41-24-37(34-73-52-30-46-44(28-50(52)69-5)55(66)63-42(32-59-46)26-39-11-7-9-13-48(39)63)23-38(25-41)35-74-53-31-47-45(29-51(53)70-6)56(67)64-43(33-60-47)27-40-12-8-10-14-49(40)64/h7-14,23-25,28-32,42-43,58,60H,15-22,26-27,33-36H2,1-6H3,(H,61,65)/t42-,43-/m0/s1. The molecule has 0 unspecified atom stereocenters. The van der Waals surface area contributed by atoms with E-state index in [4.69, 9.17) is 38.2 Å². The summed E-state index contributed by atoms with van der Waals surface area (Å²) in [5.41, 5.74) is 14.2. The molecule has 3 N–H and O–H groups in total. The van der Waals surface area contributed by atoms with Gasteiger partial charge in [0.05, 0.1) is 81.8 Å². The molecule has 9 rings (SSSR count). The number of fused-ring (bicyclic) bond motifs is 8. The molecule has 4 aliphatic heterocycles. The Balaban J connectivity index is 1.00. The second-order valence-electron chi connectivity index (χ2n) is 19.4. The maximum absolute atomic E-state index is 14.3. The molecule has 0 saturated carbocycles. The fraction of sp³-hybridized carbons (Fsp3) is 0.404. The molecule has 0 radical (unpaired) electrons. The van der Waals surface area contributed by atoms with Gasteiger partial charge in [0.15, 0.2) is 23.0 Å². The van der Waals surface area contributed by atoms with Crippen LogP contribution in [0.3, 0.4) is 0 Å². The summed E-state index contributed by atoms with van der Waals surface area (Å²) in [4.78, 5) is 51.5. The van der Waals surface area contributed by atoms with Crippen LogP contribution in [0.4, 0.5) is 28.4 Å². The van der Waals surface area contributed by atoms with Crippen molar-refractivity contribution in [3.8, 4) is 23.0 Å². The average molecular weight is 1070 g/mol. The van der Waals surface area contributed by atoms with Crippen LogP contribution in [0.15, 0.2) is 96.0 Å². The van der Waals surface area contributed by atoms with Gasteiger partial charge < -0.3 is 48.3 Å². The number of rotatable bonds is 26. The molecule has 4 aliphatic rings. The SMILES string of the molecule is CNNC(=O)CCSSC(C)(C)CN(CCOCCOCCOC)c1cc(COc2cc3c(cc2OC)C(=O)N2c4ccccc4C[C@H]2C=N3)cc(COc2cc3c(cc2OC)C(=O)N2c4ccccc4C[C@H]2CN3)c1. The maximum Gasteiger partial charge on any atom is 0.261 e. The van der Waals surface area contributed by atoms with Gasteiger partial charge in [-0.3, -0.25) is 29.7 Å². The number of anilines is 4. The number of nitrogens with zero attached hydrogens (tertiary/aromatic N) is 4. The Morgan fingerprint density at radius 2 is 1.39 bits per heavy atom. The molecule has 2 atom stereocenters. The Morgan fingerprint density at radius 3 is 2.09 bits per heavy atom. The molecule has 5 aromatic rings. The number of carbonyl (C=O) groups excluding carboxylic acids is 3. The summed E-state index contributed by atoms with van der Waals surface area (Å²) in [6, 6.07) is 29.2. The molecule has 17 nitrogen and oxygen atoms in total. The lowest BCUT2D eigenvalue weighted by Crippen LogP contribution is -2.39. The molecule has 19 heteroatoms. The molecular formula is C57H67N7O10S2. The number of hydrazine groups is 1. The number of hydrogen-bond donors (Lipinski definition) is 3. The zero-order valence-corrected chi connectivity index (χ0v) is 45.6. The van der Waals surface area contributed by atoms with Crippen molar-refractivity contribution in [2.45, 2.75) is 63.2 Å². The summed E-state index contributed by atoms with van der Waals surface area (Å²) in [6.07, 6.45) is 3.67. The predicted octanol–water partition coefficient (Wildman–Crippen LogP) is 8.43. The summed E-state index contributed by atoms with van der Waals surface area (Å²) in [6.45, 7) is 8.72. The molecule has 0 fully saturated rings. The third-order valence-corrected chi connectivity index (χ3v) is 16.8. The molecule has 4 heterocycles. The highest BCUT2D eigenvalue weighted by Crippen LogP contribution is 2.44. The van der Waals surface area contributed by atoms with E-state index in [2.05, 4.69) is 65.2 Å². The number of ether oxygens (including phenoxy) is 7. The first-order chi connectivity index (χ1) is 37.0. The summed E-state index contributed by atoms with van der Waals surface area (Å²) in [5.74, 6) is 2.10. The quantitative estimate of drug-likeness (QED) is 0.0273. The number of methoxy groups -OCH3 is 3. The first-order valence-corrected chi connectivity index (χ1v) is 27.9. The Morgan fingerprint density at radius 1 is 0.763 bits per heavy atom. The van der Waals surface area contributed by atoms with Crippen LogP contribution in [0.25, 0.3) is 0 Å². The first-order valence-electron chi connectivity index (χ1n) is 25.6. The zero-order chi connectivity index (χ0) is 53.2. The minimum absolute atomic E-state index is 0.0256. The van der Waals surface area contributed by atoms with E-state index < -0.39 is 0 Å². The van der Waals surface area contributed by atoms with Crippen molar-refractivity contribution in [3.05, 3.63) is 124 Å². The van der Waals surface area contributed by atoms with Crippen LogP contribution < -0.4 is 49.8 Å². The number of amides is 3. The molecule has 76 heavy (non-hydrogen) atoms. The lowest BCUT2D eigenvalue weighted by atomic mass is 10.1. The van der Waals surface area contributed by atoms with Gasteiger partial charge in [0.2, 0.25) is 5.91 Å². The van der Waals surface area contributed by atoms with E-state index in [-0.39, 0.29) is 47.8 Å². The molecular weight excluding hydrogens is 1010 g/mol. The van der Waals surface area contributed by atoms with Crippen molar-refractivity contribution >= 4 is 74.0 Å². The Labute approximate surface area is 452 Å². The van der Waals surface area contributed by atoms with Crippen LogP contribution in [0, 0.1) is 0 Å². The van der Waals surface area contributed by atoms with Crippen molar-refractivity contribution in [1.29, 1.82) is 0 Å². The molecule has 0 aromatic heterocycles. The number of carbonyl (C=O) groups is 3. The summed E-state index contributed by atoms with van der Waals surface area (Å²) in [7, 11) is 9.85. The van der Waals surface area contributed by atoms with Crippen molar-refractivity contribution in [1.82, 2.24) is 10.9 Å². The van der Waals surface area contributed by atoms with E-state index in [1.54, 1.807) is 68.2 Å². The topological polar surface area (TPSA) is 174 Å². The third kappa shape index (κ3) is 12.7. The highest BCUT2D eigenvalue weighted by Gasteiger charge is 2.39. The summed E-state index contributed by atoms with van der Waals surface area (Å²) >= 11 is 0. The van der Waals surface area contributed by atoms with Gasteiger partial charge in [-0.15, -0.1) is 0 Å². The maximum atomic E-state index is 14.3. The van der Waals surface area contributed by atoms with Gasteiger partial charge in [0.1, 0.15) is 13.2 Å². The monoisotopic (exact) mass is 1070 g/mol. The largest absolute Gasteiger partial charge is 0.493 e. The number of para-hydroxylation sites is 2. The van der Waals surface area contributed by atoms with E-state index >= 15 is 0 Å². The van der Waals surface area contributed by atoms with Crippen LogP contribution in [0.5, 0.6) is 23.0 Å². The lowest BCUT2D eigenvalue weighted by Gasteiger charge is -2.34. The first kappa shape index (κ1) is 54.3. The molecule has 402 valence electrons. The Hall–Kier alpha value is -6.48. The van der Waals surface area contributed by atoms with Crippen LogP contribution in [-0.2, 0) is 45.1 Å². The highest BCUT2D eigenvalue weighted by molar-refractivity contribution is 8.77. The number of aliphatic imine (C=N–C) groups is 1. The fourth-order valence-corrected chi connectivity index (χ4v) is 12.5. The number of nitrogens with one attached hydrogen (secondary N) is 3. The van der Waals surface area contributed by atoms with Gasteiger partial charge in [-0.05, 0) is 85.0 Å². The van der Waals surface area contributed by atoms with Gasteiger partial charge in [-0.2, -0.15) is 0 Å². The van der Waals surface area contributed by atoms with E-state index in [0.717, 1.165) is 45.7 Å². The summed E-state index contributed by atoms with van der Waals surface area (Å²) in [5, 5.41) is 3.54. The van der Waals surface area contributed by atoms with E-state index in [1.165, 1.54) is 0 Å². The molecule has 0 aliphatic carbocycles. The molecule has 0 spiro atoms. The van der Waals surface area contributed by atoms with Crippen LogP contribution >= 0.6 is 21.6 Å². The normalized spacial score (nSPS) is 16.1. The van der Waals surface area contributed by atoms with Crippen molar-refractivity contribution in [2.24, 2.45) is 4.99 Å². The second-order valence-corrected chi connectivity index (χ2v) is 22.5. The summed E-state index contributed by atoms with van der Waals surface area (Å²) < 4.78 is 41.8. The van der Waals surface area contributed by atoms with E-state index in [0.29, 0.717) is 117 Å². The van der Waals surface area contributed by atoms with E-state index in [1.807, 2.05) is 58.5 Å². The molecule has 5 aromatic carbocycles.